The molecule has 2 rings (SSSR count). The van der Waals surface area contributed by atoms with E-state index < -0.39 is 0 Å². The van der Waals surface area contributed by atoms with Crippen LogP contribution in [0, 0.1) is 0 Å². The Morgan fingerprint density at radius 2 is 2.45 bits per heavy atom. The summed E-state index contributed by atoms with van der Waals surface area (Å²) < 4.78 is 4.36. The molecule has 1 aromatic heterocycles. The van der Waals surface area contributed by atoms with Crippen LogP contribution in [0.3, 0.4) is 0 Å². The van der Waals surface area contributed by atoms with Crippen molar-refractivity contribution in [3.63, 3.8) is 0 Å². The lowest BCUT2D eigenvalue weighted by Crippen LogP contribution is -2.09. The van der Waals surface area contributed by atoms with E-state index in [1.54, 1.807) is 0 Å². The van der Waals surface area contributed by atoms with Gasteiger partial charge in [-0.2, -0.15) is 0 Å². The van der Waals surface area contributed by atoms with E-state index in [0.29, 0.717) is 0 Å². The molecule has 1 aliphatic heterocycles. The molecule has 1 aliphatic rings. The molecule has 3 nitrogen and oxygen atoms in total. The maximum Gasteiger partial charge on any atom is 0.108 e. The molecule has 0 spiro atoms. The van der Waals surface area contributed by atoms with E-state index in [4.69, 9.17) is 0 Å². The molecule has 0 radical (unpaired) electrons. The standard InChI is InChI=1S/C7H9N3S/c1-2-4-9-7(3-1)11-6-8-5-10-11/h1-4,8H,5-6H2. The summed E-state index contributed by atoms with van der Waals surface area (Å²) >= 11 is 0. The van der Waals surface area contributed by atoms with E-state index in [9.17, 15) is 0 Å². The Bertz CT molecular complexity index is 270. The van der Waals surface area contributed by atoms with Gasteiger partial charge in [0.05, 0.1) is 12.5 Å². The maximum atomic E-state index is 4.36. The zero-order valence-electron chi connectivity index (χ0n) is 6.03. The third kappa shape index (κ3) is 1.46. The first kappa shape index (κ1) is 6.94. The highest BCUT2D eigenvalue weighted by molar-refractivity contribution is 7.87. The molecule has 2 heterocycles. The van der Waals surface area contributed by atoms with Crippen LogP contribution in [0.2, 0.25) is 0 Å². The summed E-state index contributed by atoms with van der Waals surface area (Å²) in [5, 5.41) is 4.27. The Kier molecular flexibility index (Phi) is 1.96. The van der Waals surface area contributed by atoms with Gasteiger partial charge in [0.15, 0.2) is 0 Å². The SMILES string of the molecule is c1ccc(S2=NCNC2)nc1. The molecule has 0 saturated heterocycles. The van der Waals surface area contributed by atoms with Gasteiger partial charge in [-0.15, -0.1) is 0 Å². The quantitative estimate of drug-likeness (QED) is 0.670. The molecule has 1 unspecified atom stereocenters. The van der Waals surface area contributed by atoms with Gasteiger partial charge in [0.1, 0.15) is 5.03 Å². The molecule has 1 atom stereocenters. The lowest BCUT2D eigenvalue weighted by Gasteiger charge is -1.97. The molecular weight excluding hydrogens is 158 g/mol. The van der Waals surface area contributed by atoms with Crippen molar-refractivity contribution < 1.29 is 0 Å². The monoisotopic (exact) mass is 167 g/mol. The molecule has 0 aromatic carbocycles. The van der Waals surface area contributed by atoms with Crippen molar-refractivity contribution in [1.82, 2.24) is 10.3 Å². The fraction of sp³-hybridized carbons (Fsp3) is 0.286. The summed E-state index contributed by atoms with van der Waals surface area (Å²) in [6.07, 6.45) is 1.82. The Labute approximate surface area is 68.0 Å². The Morgan fingerprint density at radius 3 is 3.09 bits per heavy atom. The molecule has 1 aromatic rings. The molecule has 0 aliphatic carbocycles. The van der Waals surface area contributed by atoms with Gasteiger partial charge in [-0.3, -0.25) is 5.32 Å². The number of hydrogen-bond acceptors (Lipinski definition) is 3. The number of hydrogen-bond donors (Lipinski definition) is 1. The summed E-state index contributed by atoms with van der Waals surface area (Å²) in [4.78, 5) is 4.24. The van der Waals surface area contributed by atoms with Crippen molar-refractivity contribution in [2.75, 3.05) is 12.5 Å². The second-order valence-electron chi connectivity index (χ2n) is 2.21. The van der Waals surface area contributed by atoms with Crippen LogP contribution in [0.1, 0.15) is 0 Å². The minimum atomic E-state index is 0.0121. The summed E-state index contributed by atoms with van der Waals surface area (Å²) in [5.74, 6) is 0.955. The highest BCUT2D eigenvalue weighted by Gasteiger charge is 2.05. The number of nitrogens with zero attached hydrogens (tertiary/aromatic N) is 2. The van der Waals surface area contributed by atoms with Crippen LogP contribution in [-0.2, 0) is 10.7 Å². The van der Waals surface area contributed by atoms with Gasteiger partial charge < -0.3 is 0 Å². The highest BCUT2D eigenvalue weighted by Crippen LogP contribution is 2.06. The largest absolute Gasteiger partial charge is 0.287 e. The summed E-state index contributed by atoms with van der Waals surface area (Å²) in [6, 6.07) is 5.96. The average molecular weight is 167 g/mol. The van der Waals surface area contributed by atoms with E-state index in [-0.39, 0.29) is 10.7 Å². The number of pyridine rings is 1. The van der Waals surface area contributed by atoms with E-state index in [1.165, 1.54) is 0 Å². The molecule has 0 saturated carbocycles. The van der Waals surface area contributed by atoms with Crippen LogP contribution in [0.4, 0.5) is 0 Å². The zero-order chi connectivity index (χ0) is 7.52. The van der Waals surface area contributed by atoms with Crippen LogP contribution in [0.5, 0.6) is 0 Å². The van der Waals surface area contributed by atoms with Crippen LogP contribution in [0.15, 0.2) is 33.8 Å². The third-order valence-electron chi connectivity index (χ3n) is 1.45. The number of aromatic nitrogens is 1. The van der Waals surface area contributed by atoms with Gasteiger partial charge >= 0.3 is 0 Å². The molecule has 0 fully saturated rings. The van der Waals surface area contributed by atoms with Gasteiger partial charge in [0.2, 0.25) is 0 Å². The van der Waals surface area contributed by atoms with Crippen LogP contribution in [-0.4, -0.2) is 17.5 Å². The lowest BCUT2D eigenvalue weighted by molar-refractivity contribution is 0.852. The first-order valence-corrected chi connectivity index (χ1v) is 4.82. The van der Waals surface area contributed by atoms with Crippen molar-refractivity contribution in [1.29, 1.82) is 0 Å². The molecule has 11 heavy (non-hydrogen) atoms. The van der Waals surface area contributed by atoms with Crippen LogP contribution in [0.25, 0.3) is 0 Å². The van der Waals surface area contributed by atoms with Gasteiger partial charge in [0.25, 0.3) is 0 Å². The summed E-state index contributed by atoms with van der Waals surface area (Å²) in [6.45, 7) is 0.777. The van der Waals surface area contributed by atoms with Crippen LogP contribution < -0.4 is 5.32 Å². The molecule has 0 amide bonds. The smallest absolute Gasteiger partial charge is 0.108 e. The lowest BCUT2D eigenvalue weighted by atomic mass is 10.5. The van der Waals surface area contributed by atoms with Crippen LogP contribution >= 0.6 is 0 Å². The van der Waals surface area contributed by atoms with Crippen molar-refractivity contribution in [2.24, 2.45) is 4.36 Å². The van der Waals surface area contributed by atoms with E-state index in [2.05, 4.69) is 14.7 Å². The van der Waals surface area contributed by atoms with Gasteiger partial charge in [-0.05, 0) is 22.8 Å². The minimum absolute atomic E-state index is 0.0121. The molecule has 0 bridgehead atoms. The summed E-state index contributed by atoms with van der Waals surface area (Å²) in [7, 11) is 0.0121. The van der Waals surface area contributed by atoms with Gasteiger partial charge in [-0.25, -0.2) is 9.35 Å². The zero-order valence-corrected chi connectivity index (χ0v) is 6.84. The molecule has 58 valence electrons. The van der Waals surface area contributed by atoms with Crippen molar-refractivity contribution in [3.8, 4) is 0 Å². The summed E-state index contributed by atoms with van der Waals surface area (Å²) in [5.41, 5.74) is 0. The average Bonchev–Trinajstić information content (AvgIpc) is 2.58. The Balaban J connectivity index is 2.29. The van der Waals surface area contributed by atoms with Crippen molar-refractivity contribution >= 4 is 10.7 Å². The first-order valence-electron chi connectivity index (χ1n) is 3.47. The maximum absolute atomic E-state index is 4.36. The van der Waals surface area contributed by atoms with E-state index >= 15 is 0 Å². The van der Waals surface area contributed by atoms with Gasteiger partial charge in [-0.1, -0.05) is 6.07 Å². The minimum Gasteiger partial charge on any atom is -0.287 e. The Hall–Kier alpha value is -0.740. The normalized spacial score (nSPS) is 23.1. The second-order valence-corrected chi connectivity index (χ2v) is 3.91. The molecule has 4 heteroatoms. The highest BCUT2D eigenvalue weighted by atomic mass is 32.2. The topological polar surface area (TPSA) is 37.3 Å². The fourth-order valence-electron chi connectivity index (χ4n) is 0.938. The third-order valence-corrected chi connectivity index (χ3v) is 3.09. The number of rotatable bonds is 1. The second kappa shape index (κ2) is 3.11. The first-order chi connectivity index (χ1) is 5.47. The van der Waals surface area contributed by atoms with Crippen molar-refractivity contribution in [2.45, 2.75) is 5.03 Å². The molecular formula is C7H9N3S. The van der Waals surface area contributed by atoms with Crippen molar-refractivity contribution in [3.05, 3.63) is 24.4 Å². The number of nitrogens with one attached hydrogen (secondary N) is 1. The van der Waals surface area contributed by atoms with E-state index in [1.807, 2.05) is 24.4 Å². The fourth-order valence-corrected chi connectivity index (χ4v) is 2.26. The predicted octanol–water partition coefficient (Wildman–Crippen LogP) is 0.761. The van der Waals surface area contributed by atoms with Gasteiger partial charge in [0, 0.05) is 6.20 Å². The molecule has 1 N–H and O–H groups in total. The predicted molar refractivity (Wildman–Crippen MR) is 45.2 cm³/mol. The van der Waals surface area contributed by atoms with E-state index in [0.717, 1.165) is 17.6 Å². The Morgan fingerprint density at radius 1 is 1.45 bits per heavy atom.